The first-order valence-electron chi connectivity index (χ1n) is 6.88. The summed E-state index contributed by atoms with van der Waals surface area (Å²) < 4.78 is 0. The van der Waals surface area contributed by atoms with Gasteiger partial charge in [0, 0.05) is 17.6 Å². The van der Waals surface area contributed by atoms with Crippen molar-refractivity contribution < 1.29 is 0 Å². The minimum Gasteiger partial charge on any atom is -0.324 e. The zero-order valence-corrected chi connectivity index (χ0v) is 11.9. The Labute approximate surface area is 115 Å². The van der Waals surface area contributed by atoms with Gasteiger partial charge in [0.2, 0.25) is 0 Å². The van der Waals surface area contributed by atoms with Gasteiger partial charge in [-0.3, -0.25) is 0 Å². The number of hydrogen-bond acceptors (Lipinski definition) is 2. The van der Waals surface area contributed by atoms with E-state index in [1.54, 1.807) is 0 Å². The maximum atomic E-state index is 6.23. The van der Waals surface area contributed by atoms with Crippen LogP contribution in [0.4, 0.5) is 0 Å². The molecule has 0 aromatic heterocycles. The van der Waals surface area contributed by atoms with Crippen LogP contribution in [-0.4, -0.2) is 24.5 Å². The van der Waals surface area contributed by atoms with Gasteiger partial charge in [-0.05, 0) is 56.0 Å². The maximum absolute atomic E-state index is 6.23. The third kappa shape index (κ3) is 3.98. The average molecular weight is 267 g/mol. The summed E-state index contributed by atoms with van der Waals surface area (Å²) in [6.07, 6.45) is 3.71. The number of likely N-dealkylation sites (tertiary alicyclic amines) is 1. The van der Waals surface area contributed by atoms with Gasteiger partial charge in [0.25, 0.3) is 0 Å². The molecule has 1 saturated heterocycles. The van der Waals surface area contributed by atoms with Crippen LogP contribution >= 0.6 is 11.6 Å². The van der Waals surface area contributed by atoms with Gasteiger partial charge in [0.1, 0.15) is 0 Å². The molecule has 0 bridgehead atoms. The van der Waals surface area contributed by atoms with Gasteiger partial charge in [-0.2, -0.15) is 0 Å². The van der Waals surface area contributed by atoms with Crippen LogP contribution in [0.15, 0.2) is 24.3 Å². The molecule has 0 saturated carbocycles. The number of benzene rings is 1. The molecule has 1 aliphatic heterocycles. The van der Waals surface area contributed by atoms with Crippen LogP contribution in [0.3, 0.4) is 0 Å². The molecule has 100 valence electrons. The van der Waals surface area contributed by atoms with E-state index in [-0.39, 0.29) is 6.04 Å². The van der Waals surface area contributed by atoms with E-state index in [2.05, 4.69) is 17.9 Å². The van der Waals surface area contributed by atoms with E-state index in [0.29, 0.717) is 0 Å². The molecular formula is C15H23ClN2. The SMILES string of the molecule is CC1CCCN(CCC(N)c2cccc(Cl)c2)C1. The van der Waals surface area contributed by atoms with Crippen LogP contribution in [0.5, 0.6) is 0 Å². The summed E-state index contributed by atoms with van der Waals surface area (Å²) in [5.74, 6) is 0.834. The number of nitrogens with zero attached hydrogens (tertiary/aromatic N) is 1. The van der Waals surface area contributed by atoms with Crippen molar-refractivity contribution in [1.29, 1.82) is 0 Å². The van der Waals surface area contributed by atoms with Crippen LogP contribution in [0, 0.1) is 5.92 Å². The number of halogens is 1. The molecule has 1 aromatic carbocycles. The minimum atomic E-state index is 0.0981. The number of hydrogen-bond donors (Lipinski definition) is 1. The van der Waals surface area contributed by atoms with E-state index in [0.717, 1.165) is 29.5 Å². The topological polar surface area (TPSA) is 29.3 Å². The second-order valence-electron chi connectivity index (χ2n) is 5.50. The lowest BCUT2D eigenvalue weighted by Crippen LogP contribution is -2.36. The Morgan fingerprint density at radius 1 is 1.50 bits per heavy atom. The van der Waals surface area contributed by atoms with E-state index >= 15 is 0 Å². The van der Waals surface area contributed by atoms with Crippen molar-refractivity contribution in [3.8, 4) is 0 Å². The Kier molecular flexibility index (Phi) is 5.04. The molecule has 0 amide bonds. The molecule has 1 heterocycles. The van der Waals surface area contributed by atoms with E-state index in [1.165, 1.54) is 25.9 Å². The minimum absolute atomic E-state index is 0.0981. The molecule has 2 nitrogen and oxygen atoms in total. The Hall–Kier alpha value is -0.570. The summed E-state index contributed by atoms with van der Waals surface area (Å²) in [4.78, 5) is 2.54. The molecule has 1 aliphatic rings. The quantitative estimate of drug-likeness (QED) is 0.904. The van der Waals surface area contributed by atoms with Crippen molar-refractivity contribution in [2.75, 3.05) is 19.6 Å². The van der Waals surface area contributed by atoms with Crippen LogP contribution in [0.2, 0.25) is 5.02 Å². The van der Waals surface area contributed by atoms with Crippen molar-refractivity contribution in [3.63, 3.8) is 0 Å². The van der Waals surface area contributed by atoms with Gasteiger partial charge in [0.15, 0.2) is 0 Å². The summed E-state index contributed by atoms with van der Waals surface area (Å²) in [6, 6.07) is 8.01. The van der Waals surface area contributed by atoms with Gasteiger partial charge in [-0.1, -0.05) is 30.7 Å². The third-order valence-corrected chi connectivity index (χ3v) is 4.01. The summed E-state index contributed by atoms with van der Waals surface area (Å²) >= 11 is 5.99. The van der Waals surface area contributed by atoms with Crippen molar-refractivity contribution in [1.82, 2.24) is 4.90 Å². The summed E-state index contributed by atoms with van der Waals surface area (Å²) in [7, 11) is 0. The van der Waals surface area contributed by atoms with Crippen LogP contribution < -0.4 is 5.73 Å². The van der Waals surface area contributed by atoms with E-state index in [4.69, 9.17) is 17.3 Å². The van der Waals surface area contributed by atoms with Gasteiger partial charge < -0.3 is 10.6 Å². The summed E-state index contributed by atoms with van der Waals surface area (Å²) in [5, 5.41) is 0.773. The largest absolute Gasteiger partial charge is 0.324 e. The van der Waals surface area contributed by atoms with E-state index in [9.17, 15) is 0 Å². The molecule has 2 N–H and O–H groups in total. The Balaban J connectivity index is 1.82. The van der Waals surface area contributed by atoms with Crippen LogP contribution in [0.25, 0.3) is 0 Å². The van der Waals surface area contributed by atoms with Crippen LogP contribution in [-0.2, 0) is 0 Å². The predicted molar refractivity (Wildman–Crippen MR) is 77.8 cm³/mol. The molecule has 2 rings (SSSR count). The molecule has 2 unspecified atom stereocenters. The predicted octanol–water partition coefficient (Wildman–Crippen LogP) is 3.46. The number of nitrogens with two attached hydrogens (primary N) is 1. The molecule has 0 radical (unpaired) electrons. The first kappa shape index (κ1) is 13.9. The fourth-order valence-corrected chi connectivity index (χ4v) is 2.91. The van der Waals surface area contributed by atoms with Crippen molar-refractivity contribution in [2.45, 2.75) is 32.2 Å². The molecule has 18 heavy (non-hydrogen) atoms. The average Bonchev–Trinajstić information content (AvgIpc) is 2.36. The number of rotatable bonds is 4. The maximum Gasteiger partial charge on any atom is 0.0409 e. The highest BCUT2D eigenvalue weighted by Gasteiger charge is 2.17. The fourth-order valence-electron chi connectivity index (χ4n) is 2.72. The smallest absolute Gasteiger partial charge is 0.0409 e. The van der Waals surface area contributed by atoms with Gasteiger partial charge >= 0.3 is 0 Å². The second kappa shape index (κ2) is 6.55. The monoisotopic (exact) mass is 266 g/mol. The van der Waals surface area contributed by atoms with Gasteiger partial charge in [-0.25, -0.2) is 0 Å². The first-order chi connectivity index (χ1) is 8.65. The molecular weight excluding hydrogens is 244 g/mol. The lowest BCUT2D eigenvalue weighted by Gasteiger charge is -2.31. The molecule has 2 atom stereocenters. The standard InChI is InChI=1S/C15H23ClN2/c1-12-4-3-8-18(11-12)9-7-15(17)13-5-2-6-14(16)10-13/h2,5-6,10,12,15H,3-4,7-9,11,17H2,1H3. The van der Waals surface area contributed by atoms with Gasteiger partial charge in [0.05, 0.1) is 0 Å². The Morgan fingerprint density at radius 3 is 3.06 bits per heavy atom. The van der Waals surface area contributed by atoms with Crippen molar-refractivity contribution >= 4 is 11.6 Å². The molecule has 0 spiro atoms. The summed E-state index contributed by atoms with van der Waals surface area (Å²) in [6.45, 7) is 5.88. The molecule has 1 fully saturated rings. The van der Waals surface area contributed by atoms with Gasteiger partial charge in [-0.15, -0.1) is 0 Å². The number of piperidine rings is 1. The zero-order chi connectivity index (χ0) is 13.0. The highest BCUT2D eigenvalue weighted by molar-refractivity contribution is 6.30. The molecule has 0 aliphatic carbocycles. The van der Waals surface area contributed by atoms with Crippen molar-refractivity contribution in [3.05, 3.63) is 34.9 Å². The lowest BCUT2D eigenvalue weighted by atomic mass is 9.99. The fraction of sp³-hybridized carbons (Fsp3) is 0.600. The molecule has 3 heteroatoms. The first-order valence-corrected chi connectivity index (χ1v) is 7.26. The Bertz CT molecular complexity index is 381. The van der Waals surface area contributed by atoms with E-state index < -0.39 is 0 Å². The summed E-state index contributed by atoms with van der Waals surface area (Å²) in [5.41, 5.74) is 7.38. The third-order valence-electron chi connectivity index (χ3n) is 3.77. The normalized spacial score (nSPS) is 22.9. The van der Waals surface area contributed by atoms with Crippen molar-refractivity contribution in [2.24, 2.45) is 11.7 Å². The molecule has 1 aromatic rings. The van der Waals surface area contributed by atoms with E-state index in [1.807, 2.05) is 18.2 Å². The highest BCUT2D eigenvalue weighted by atomic mass is 35.5. The van der Waals surface area contributed by atoms with Crippen LogP contribution in [0.1, 0.15) is 37.8 Å². The zero-order valence-electron chi connectivity index (χ0n) is 11.1. The second-order valence-corrected chi connectivity index (χ2v) is 5.93. The Morgan fingerprint density at radius 2 is 2.33 bits per heavy atom. The lowest BCUT2D eigenvalue weighted by molar-refractivity contribution is 0.178. The highest BCUT2D eigenvalue weighted by Crippen LogP contribution is 2.20.